The van der Waals surface area contributed by atoms with E-state index in [-0.39, 0.29) is 10.8 Å². The predicted octanol–water partition coefficient (Wildman–Crippen LogP) is 5.16. The molecule has 28 heavy (non-hydrogen) atoms. The van der Waals surface area contributed by atoms with Crippen molar-refractivity contribution in [1.29, 1.82) is 0 Å². The maximum absolute atomic E-state index is 13.6. The molecule has 1 heterocycles. The van der Waals surface area contributed by atoms with Gasteiger partial charge in [0.15, 0.2) is 6.10 Å². The Balaban J connectivity index is 2.00. The van der Waals surface area contributed by atoms with E-state index in [1.807, 2.05) is 18.2 Å². The van der Waals surface area contributed by atoms with Gasteiger partial charge in [-0.05, 0) is 31.0 Å². The SMILES string of the molecule is CC(Oc1cc(C2(n3cncn3)C=CC=CC2)ccc1Cl)C(F)(F)C(F)(F)F. The van der Waals surface area contributed by atoms with Gasteiger partial charge >= 0.3 is 12.1 Å². The largest absolute Gasteiger partial charge is 0.482 e. The Morgan fingerprint density at radius 3 is 2.54 bits per heavy atom. The third-order valence-electron chi connectivity index (χ3n) is 4.50. The maximum Gasteiger partial charge on any atom is 0.457 e. The number of allylic oxidation sites excluding steroid dienone is 4. The summed E-state index contributed by atoms with van der Waals surface area (Å²) in [6, 6.07) is 4.36. The van der Waals surface area contributed by atoms with Crippen molar-refractivity contribution in [2.45, 2.75) is 37.1 Å². The Kier molecular flexibility index (Phi) is 5.22. The molecule has 2 aromatic rings. The van der Waals surface area contributed by atoms with Gasteiger partial charge in [-0.15, -0.1) is 0 Å². The van der Waals surface area contributed by atoms with Gasteiger partial charge in [-0.25, -0.2) is 9.67 Å². The number of alkyl halides is 5. The first-order valence-corrected chi connectivity index (χ1v) is 8.56. The predicted molar refractivity (Wildman–Crippen MR) is 92.5 cm³/mol. The zero-order valence-electron chi connectivity index (χ0n) is 14.5. The molecule has 10 heteroatoms. The van der Waals surface area contributed by atoms with Gasteiger partial charge in [0.05, 0.1) is 5.02 Å². The first-order chi connectivity index (χ1) is 13.1. The molecule has 1 aromatic carbocycles. The zero-order valence-corrected chi connectivity index (χ0v) is 15.3. The fourth-order valence-corrected chi connectivity index (χ4v) is 3.06. The van der Waals surface area contributed by atoms with Gasteiger partial charge < -0.3 is 4.74 Å². The van der Waals surface area contributed by atoms with Gasteiger partial charge in [-0.1, -0.05) is 42.0 Å². The topological polar surface area (TPSA) is 39.9 Å². The lowest BCUT2D eigenvalue weighted by Gasteiger charge is -2.33. The summed E-state index contributed by atoms with van der Waals surface area (Å²) < 4.78 is 71.4. The summed E-state index contributed by atoms with van der Waals surface area (Å²) in [5, 5.41) is 4.07. The zero-order chi connectivity index (χ0) is 20.6. The molecule has 0 spiro atoms. The highest BCUT2D eigenvalue weighted by Gasteiger charge is 2.62. The van der Waals surface area contributed by atoms with Crippen LogP contribution >= 0.6 is 11.6 Å². The van der Waals surface area contributed by atoms with E-state index in [1.165, 1.54) is 24.8 Å². The van der Waals surface area contributed by atoms with Crippen LogP contribution in [0.25, 0.3) is 0 Å². The van der Waals surface area contributed by atoms with Gasteiger partial charge in [-0.3, -0.25) is 0 Å². The number of aromatic nitrogens is 3. The first-order valence-electron chi connectivity index (χ1n) is 8.18. The molecule has 0 saturated heterocycles. The molecular weight excluding hydrogens is 405 g/mol. The Labute approximate surface area is 162 Å². The van der Waals surface area contributed by atoms with E-state index < -0.39 is 23.7 Å². The molecule has 2 atom stereocenters. The van der Waals surface area contributed by atoms with Gasteiger partial charge in [0.1, 0.15) is 23.9 Å². The minimum absolute atomic E-state index is 0.0855. The van der Waals surface area contributed by atoms with Crippen molar-refractivity contribution < 1.29 is 26.7 Å². The number of ether oxygens (including phenoxy) is 1. The van der Waals surface area contributed by atoms with Crippen molar-refractivity contribution in [1.82, 2.24) is 14.8 Å². The number of hydrogen-bond acceptors (Lipinski definition) is 3. The van der Waals surface area contributed by atoms with Crippen molar-refractivity contribution in [3.8, 4) is 5.75 Å². The van der Waals surface area contributed by atoms with Crippen LogP contribution in [0.2, 0.25) is 5.02 Å². The van der Waals surface area contributed by atoms with E-state index in [4.69, 9.17) is 16.3 Å². The van der Waals surface area contributed by atoms with Crippen molar-refractivity contribution in [3.05, 3.63) is 65.7 Å². The van der Waals surface area contributed by atoms with Crippen LogP contribution in [0.3, 0.4) is 0 Å². The van der Waals surface area contributed by atoms with E-state index in [0.29, 0.717) is 18.9 Å². The third-order valence-corrected chi connectivity index (χ3v) is 4.81. The molecule has 0 fully saturated rings. The van der Waals surface area contributed by atoms with E-state index in [1.54, 1.807) is 16.8 Å². The molecule has 0 radical (unpaired) electrons. The smallest absolute Gasteiger partial charge is 0.457 e. The van der Waals surface area contributed by atoms with Gasteiger partial charge in [0.25, 0.3) is 0 Å². The van der Waals surface area contributed by atoms with Crippen LogP contribution < -0.4 is 4.74 Å². The van der Waals surface area contributed by atoms with E-state index in [0.717, 1.165) is 0 Å². The molecule has 1 aromatic heterocycles. The van der Waals surface area contributed by atoms with Crippen molar-refractivity contribution in [2.24, 2.45) is 0 Å². The number of halogens is 6. The minimum Gasteiger partial charge on any atom is -0.482 e. The molecule has 1 aliphatic carbocycles. The van der Waals surface area contributed by atoms with Crippen LogP contribution in [0.15, 0.2) is 55.2 Å². The highest BCUT2D eigenvalue weighted by atomic mass is 35.5. The second kappa shape index (κ2) is 7.20. The fraction of sp³-hybridized carbons (Fsp3) is 0.333. The summed E-state index contributed by atoms with van der Waals surface area (Å²) in [6.07, 6.45) is 2.38. The van der Waals surface area contributed by atoms with Gasteiger partial charge in [-0.2, -0.15) is 27.1 Å². The highest BCUT2D eigenvalue weighted by molar-refractivity contribution is 6.32. The van der Waals surface area contributed by atoms with Crippen LogP contribution in [-0.2, 0) is 5.54 Å². The van der Waals surface area contributed by atoms with Crippen molar-refractivity contribution in [3.63, 3.8) is 0 Å². The van der Waals surface area contributed by atoms with Crippen LogP contribution in [0.5, 0.6) is 5.75 Å². The first kappa shape index (κ1) is 20.3. The molecule has 150 valence electrons. The summed E-state index contributed by atoms with van der Waals surface area (Å²) in [5.74, 6) is -5.32. The maximum atomic E-state index is 13.6. The minimum atomic E-state index is -5.74. The summed E-state index contributed by atoms with van der Waals surface area (Å²) >= 11 is 6.00. The molecule has 2 unspecified atom stereocenters. The fourth-order valence-electron chi connectivity index (χ4n) is 2.90. The van der Waals surface area contributed by atoms with Crippen molar-refractivity contribution in [2.75, 3.05) is 0 Å². The Bertz CT molecular complexity index is 895. The summed E-state index contributed by atoms with van der Waals surface area (Å²) in [4.78, 5) is 3.93. The van der Waals surface area contributed by atoms with Gasteiger partial charge in [0.2, 0.25) is 0 Å². The second-order valence-electron chi connectivity index (χ2n) is 6.28. The molecule has 0 amide bonds. The summed E-state index contributed by atoms with van der Waals surface area (Å²) in [5.41, 5.74) is -0.301. The quantitative estimate of drug-likeness (QED) is 0.629. The van der Waals surface area contributed by atoms with Crippen molar-refractivity contribution >= 4 is 11.6 Å². The molecular formula is C18H15ClF5N3O. The molecule has 3 rings (SSSR count). The lowest BCUT2D eigenvalue weighted by atomic mass is 9.84. The summed E-state index contributed by atoms with van der Waals surface area (Å²) in [6.45, 7) is 0.646. The Hall–Kier alpha value is -2.42. The Morgan fingerprint density at radius 2 is 1.96 bits per heavy atom. The molecule has 0 aliphatic heterocycles. The molecule has 0 saturated carbocycles. The number of nitrogens with zero attached hydrogens (tertiary/aromatic N) is 3. The molecule has 0 N–H and O–H groups in total. The van der Waals surface area contributed by atoms with Gasteiger partial charge in [0, 0.05) is 0 Å². The lowest BCUT2D eigenvalue weighted by Crippen LogP contribution is -2.48. The lowest BCUT2D eigenvalue weighted by molar-refractivity contribution is -0.306. The van der Waals surface area contributed by atoms with Crippen LogP contribution in [-0.4, -0.2) is 33.0 Å². The number of rotatable bonds is 5. The van der Waals surface area contributed by atoms with E-state index in [9.17, 15) is 22.0 Å². The monoisotopic (exact) mass is 419 g/mol. The second-order valence-corrected chi connectivity index (χ2v) is 6.69. The standard InChI is InChI=1S/C18H15ClF5N3O/c1-12(17(20,21)18(22,23)24)28-15-9-13(5-6-14(15)19)16(7-3-2-4-8-16)27-11-25-10-26-27/h2-7,9-12H,8H2,1H3. The Morgan fingerprint density at radius 1 is 1.21 bits per heavy atom. The number of hydrogen-bond donors (Lipinski definition) is 0. The summed E-state index contributed by atoms with van der Waals surface area (Å²) in [7, 11) is 0. The molecule has 0 bridgehead atoms. The molecule has 4 nitrogen and oxygen atoms in total. The van der Waals surface area contributed by atoms with E-state index in [2.05, 4.69) is 10.1 Å². The van der Waals surface area contributed by atoms with Crippen LogP contribution in [0, 0.1) is 0 Å². The average molecular weight is 420 g/mol. The average Bonchev–Trinajstić information content (AvgIpc) is 3.18. The van der Waals surface area contributed by atoms with Crippen LogP contribution in [0.1, 0.15) is 18.9 Å². The highest BCUT2D eigenvalue weighted by Crippen LogP contribution is 2.42. The number of benzene rings is 1. The molecule has 1 aliphatic rings. The van der Waals surface area contributed by atoms with E-state index >= 15 is 0 Å². The third kappa shape index (κ3) is 3.50. The van der Waals surface area contributed by atoms with Crippen LogP contribution in [0.4, 0.5) is 22.0 Å². The normalized spacial score (nSPS) is 21.0.